The molecule has 0 N–H and O–H groups in total. The van der Waals surface area contributed by atoms with E-state index in [-0.39, 0.29) is 12.0 Å². The number of carbonyl (C=O) groups is 1. The molecule has 30 heavy (non-hydrogen) atoms. The van der Waals surface area contributed by atoms with Gasteiger partial charge in [-0.1, -0.05) is 45.0 Å². The fourth-order valence-corrected chi connectivity index (χ4v) is 4.77. The highest BCUT2D eigenvalue weighted by Gasteiger charge is 2.35. The summed E-state index contributed by atoms with van der Waals surface area (Å²) in [7, 11) is 0. The van der Waals surface area contributed by atoms with Crippen molar-refractivity contribution < 1.29 is 9.53 Å². The van der Waals surface area contributed by atoms with Crippen LogP contribution in [0.5, 0.6) is 0 Å². The van der Waals surface area contributed by atoms with Crippen LogP contribution in [-0.4, -0.2) is 17.6 Å². The van der Waals surface area contributed by atoms with E-state index in [4.69, 9.17) is 15.0 Å². The number of hydrogen-bond donors (Lipinski definition) is 0. The Balaban J connectivity index is 1.98. The third kappa shape index (κ3) is 3.88. The first kappa shape index (κ1) is 20.3. The molecule has 1 aliphatic carbocycles. The number of esters is 1. The van der Waals surface area contributed by atoms with E-state index in [2.05, 4.69) is 38.3 Å². The topological polar surface area (TPSA) is 63.0 Å². The Hall–Kier alpha value is -2.97. The van der Waals surface area contributed by atoms with Crippen molar-refractivity contribution in [1.29, 1.82) is 5.26 Å². The molecule has 0 spiro atoms. The van der Waals surface area contributed by atoms with Gasteiger partial charge in [0, 0.05) is 10.3 Å². The van der Waals surface area contributed by atoms with Crippen molar-refractivity contribution in [2.75, 3.05) is 6.61 Å². The smallest absolute Gasteiger partial charge is 0.340 e. The number of thiophene rings is 1. The van der Waals surface area contributed by atoms with Crippen LogP contribution in [0.25, 0.3) is 22.6 Å². The number of nitriles is 1. The second-order valence-corrected chi connectivity index (χ2v) is 9.70. The van der Waals surface area contributed by atoms with Gasteiger partial charge in [0.05, 0.1) is 16.8 Å². The number of para-hydroxylation sites is 1. The van der Waals surface area contributed by atoms with Crippen LogP contribution in [0.2, 0.25) is 0 Å². The molecule has 4 nitrogen and oxygen atoms in total. The molecule has 0 radical (unpaired) electrons. The molecule has 1 aromatic carbocycles. The standard InChI is InChI=1S/C25H24N2O2S/c1-25(2,3)17-13-16(14-18-7-6-12-30-18)23-20(15-17)22(24(28)29-11-10-26)19-8-4-5-9-21(19)27-23/h4-9,12,14,17H,11,13,15H2,1-3H3/b16-14+/t17-/m0/s1. The van der Waals surface area contributed by atoms with Crippen LogP contribution in [0.15, 0.2) is 41.8 Å². The summed E-state index contributed by atoms with van der Waals surface area (Å²) < 4.78 is 5.27. The van der Waals surface area contributed by atoms with Crippen LogP contribution in [0.1, 0.15) is 53.7 Å². The first-order valence-electron chi connectivity index (χ1n) is 10.1. The molecule has 4 rings (SSSR count). The molecule has 3 aromatic rings. The Bertz CT molecular complexity index is 1160. The second-order valence-electron chi connectivity index (χ2n) is 8.72. The highest BCUT2D eigenvalue weighted by molar-refractivity contribution is 7.10. The zero-order valence-electron chi connectivity index (χ0n) is 17.4. The van der Waals surface area contributed by atoms with Crippen molar-refractivity contribution >= 4 is 39.9 Å². The first-order chi connectivity index (χ1) is 14.4. The predicted molar refractivity (Wildman–Crippen MR) is 121 cm³/mol. The van der Waals surface area contributed by atoms with Crippen molar-refractivity contribution in [1.82, 2.24) is 4.98 Å². The maximum absolute atomic E-state index is 13.1. The lowest BCUT2D eigenvalue weighted by atomic mass is 9.69. The molecule has 0 bridgehead atoms. The summed E-state index contributed by atoms with van der Waals surface area (Å²) in [6.07, 6.45) is 3.87. The Morgan fingerprint density at radius 3 is 2.77 bits per heavy atom. The van der Waals surface area contributed by atoms with E-state index in [1.165, 1.54) is 4.88 Å². The summed E-state index contributed by atoms with van der Waals surface area (Å²) in [4.78, 5) is 19.2. The summed E-state index contributed by atoms with van der Waals surface area (Å²) in [5.41, 5.74) is 4.37. The Kier molecular flexibility index (Phi) is 5.44. The molecule has 0 unspecified atom stereocenters. The molecule has 0 fully saturated rings. The summed E-state index contributed by atoms with van der Waals surface area (Å²) in [6.45, 7) is 6.47. The molecular formula is C25H24N2O2S. The molecule has 152 valence electrons. The minimum absolute atomic E-state index is 0.0751. The number of hydrogen-bond acceptors (Lipinski definition) is 5. The number of pyridine rings is 1. The number of allylic oxidation sites excluding steroid dienone is 1. The number of fused-ring (bicyclic) bond motifs is 2. The molecule has 0 aliphatic heterocycles. The fraction of sp³-hybridized carbons (Fsp3) is 0.320. The minimum atomic E-state index is -0.448. The normalized spacial score (nSPS) is 17.5. The van der Waals surface area contributed by atoms with E-state index in [1.807, 2.05) is 36.4 Å². The third-order valence-corrected chi connectivity index (χ3v) is 6.59. The van der Waals surface area contributed by atoms with Gasteiger partial charge in [-0.3, -0.25) is 0 Å². The molecule has 1 aliphatic rings. The summed E-state index contributed by atoms with van der Waals surface area (Å²) in [5.74, 6) is -0.0851. The van der Waals surface area contributed by atoms with Crippen LogP contribution in [0, 0.1) is 22.7 Å². The number of ether oxygens (including phenoxy) is 1. The average molecular weight is 417 g/mol. The molecular weight excluding hydrogens is 392 g/mol. The lowest BCUT2D eigenvalue weighted by Crippen LogP contribution is -2.28. The largest absolute Gasteiger partial charge is 0.447 e. The third-order valence-electron chi connectivity index (χ3n) is 5.77. The van der Waals surface area contributed by atoms with Crippen molar-refractivity contribution in [3.05, 3.63) is 63.5 Å². The van der Waals surface area contributed by atoms with Gasteiger partial charge < -0.3 is 4.74 Å². The number of benzene rings is 1. The van der Waals surface area contributed by atoms with Crippen LogP contribution in [-0.2, 0) is 11.2 Å². The van der Waals surface area contributed by atoms with Gasteiger partial charge in [-0.2, -0.15) is 5.26 Å². The lowest BCUT2D eigenvalue weighted by Gasteiger charge is -2.36. The molecule has 0 amide bonds. The summed E-state index contributed by atoms with van der Waals surface area (Å²) in [5, 5.41) is 11.7. The first-order valence-corrected chi connectivity index (χ1v) is 11.0. The van der Waals surface area contributed by atoms with Gasteiger partial charge in [-0.15, -0.1) is 11.3 Å². The highest BCUT2D eigenvalue weighted by atomic mass is 32.1. The van der Waals surface area contributed by atoms with Gasteiger partial charge in [0.15, 0.2) is 6.61 Å². The van der Waals surface area contributed by atoms with Crippen molar-refractivity contribution in [3.63, 3.8) is 0 Å². The number of aromatic nitrogens is 1. The molecule has 2 aromatic heterocycles. The van der Waals surface area contributed by atoms with Crippen LogP contribution >= 0.6 is 11.3 Å². The monoisotopic (exact) mass is 416 g/mol. The maximum atomic E-state index is 13.1. The maximum Gasteiger partial charge on any atom is 0.340 e. The van der Waals surface area contributed by atoms with E-state index in [0.29, 0.717) is 11.5 Å². The van der Waals surface area contributed by atoms with Gasteiger partial charge >= 0.3 is 5.97 Å². The zero-order chi connectivity index (χ0) is 21.3. The highest BCUT2D eigenvalue weighted by Crippen LogP contribution is 2.45. The number of carbonyl (C=O) groups excluding carboxylic acids is 1. The molecule has 0 saturated carbocycles. The quantitative estimate of drug-likeness (QED) is 0.482. The zero-order valence-corrected chi connectivity index (χ0v) is 18.3. The Morgan fingerprint density at radius 1 is 1.27 bits per heavy atom. The summed E-state index contributed by atoms with van der Waals surface area (Å²) in [6, 6.07) is 13.7. The number of rotatable bonds is 3. The fourth-order valence-electron chi connectivity index (χ4n) is 4.08. The van der Waals surface area contributed by atoms with Crippen molar-refractivity contribution in [2.45, 2.75) is 33.6 Å². The van der Waals surface area contributed by atoms with E-state index in [9.17, 15) is 4.79 Å². The molecule has 0 saturated heterocycles. The van der Waals surface area contributed by atoms with E-state index < -0.39 is 5.97 Å². The number of nitrogens with zero attached hydrogens (tertiary/aromatic N) is 2. The van der Waals surface area contributed by atoms with E-state index >= 15 is 0 Å². The average Bonchev–Trinajstić information content (AvgIpc) is 3.22. The lowest BCUT2D eigenvalue weighted by molar-refractivity contribution is 0.0555. The van der Waals surface area contributed by atoms with Gasteiger partial charge in [0.25, 0.3) is 0 Å². The SMILES string of the molecule is CC(C)(C)[C@H]1C/C(=C\c2cccs2)c2nc3ccccc3c(C(=O)OCC#N)c2C1. The van der Waals surface area contributed by atoms with Gasteiger partial charge in [-0.05, 0) is 58.9 Å². The van der Waals surface area contributed by atoms with Gasteiger partial charge in [0.2, 0.25) is 0 Å². The Morgan fingerprint density at radius 2 is 2.07 bits per heavy atom. The van der Waals surface area contributed by atoms with E-state index in [0.717, 1.165) is 40.6 Å². The molecule has 5 heteroatoms. The molecule has 1 atom stereocenters. The minimum Gasteiger partial charge on any atom is -0.447 e. The van der Waals surface area contributed by atoms with E-state index in [1.54, 1.807) is 11.3 Å². The van der Waals surface area contributed by atoms with Crippen LogP contribution in [0.3, 0.4) is 0 Å². The summed E-state index contributed by atoms with van der Waals surface area (Å²) >= 11 is 1.69. The van der Waals surface area contributed by atoms with Crippen molar-refractivity contribution in [3.8, 4) is 6.07 Å². The molecule has 2 heterocycles. The Labute approximate surface area is 180 Å². The van der Waals surface area contributed by atoms with Crippen LogP contribution < -0.4 is 0 Å². The van der Waals surface area contributed by atoms with Crippen LogP contribution in [0.4, 0.5) is 0 Å². The predicted octanol–water partition coefficient (Wildman–Crippen LogP) is 6.13. The van der Waals surface area contributed by atoms with Gasteiger partial charge in [0.1, 0.15) is 6.07 Å². The second kappa shape index (κ2) is 8.04. The van der Waals surface area contributed by atoms with Gasteiger partial charge in [-0.25, -0.2) is 9.78 Å². The van der Waals surface area contributed by atoms with Crippen molar-refractivity contribution in [2.24, 2.45) is 11.3 Å².